The molecular weight excluding hydrogens is 557 g/mol. The van der Waals surface area contributed by atoms with Crippen LogP contribution in [0.2, 0.25) is 0 Å². The minimum absolute atomic E-state index is 0.0938. The van der Waals surface area contributed by atoms with Crippen LogP contribution in [0.5, 0.6) is 0 Å². The number of alkyl halides is 1. The third-order valence-corrected chi connectivity index (χ3v) is 11.6. The summed E-state index contributed by atoms with van der Waals surface area (Å²) in [5.41, 5.74) is 4.24. The molecule has 0 spiro atoms. The van der Waals surface area contributed by atoms with Gasteiger partial charge in [0.05, 0.1) is 39.1 Å². The zero-order valence-corrected chi connectivity index (χ0v) is 25.2. The lowest BCUT2D eigenvalue weighted by atomic mass is 9.41. The lowest BCUT2D eigenvalue weighted by Crippen LogP contribution is -2.65. The highest BCUT2D eigenvalue weighted by atomic mass is 32.1. The molecule has 218 valence electrons. The summed E-state index contributed by atoms with van der Waals surface area (Å²) in [5.74, 6) is 0.0938. The number of fused-ring (bicyclic) bond motifs is 4. The standard InChI is InChI=1S/C36H34FN3O2S/c1-24-39-30-10-7-27(16-31(30)43-24)26-3-2-4-29(15-26)40(32(41)17-34-19-35(37,20-34)21-34)22-33-11-13-36(14-12-33,42-23-33)28-8-5-25(18-38)6-9-28/h2-10,15-16H,11-14,17,19-23H2,1H3. The highest BCUT2D eigenvalue weighted by Crippen LogP contribution is 2.71. The van der Waals surface area contributed by atoms with E-state index in [0.29, 0.717) is 44.4 Å². The fraction of sp³-hybridized carbons (Fsp3) is 0.417. The van der Waals surface area contributed by atoms with Crippen molar-refractivity contribution in [2.75, 3.05) is 18.1 Å². The highest BCUT2D eigenvalue weighted by molar-refractivity contribution is 7.18. The maximum atomic E-state index is 14.4. The van der Waals surface area contributed by atoms with E-state index < -0.39 is 5.67 Å². The van der Waals surface area contributed by atoms with Gasteiger partial charge < -0.3 is 9.64 Å². The first-order chi connectivity index (χ1) is 20.7. The molecule has 2 aliphatic heterocycles. The van der Waals surface area contributed by atoms with Gasteiger partial charge in [-0.2, -0.15) is 5.26 Å². The first-order valence-electron chi connectivity index (χ1n) is 15.3. The molecule has 3 heterocycles. The molecule has 7 heteroatoms. The van der Waals surface area contributed by atoms with E-state index in [1.165, 1.54) is 0 Å². The van der Waals surface area contributed by atoms with Gasteiger partial charge in [0.1, 0.15) is 5.67 Å². The van der Waals surface area contributed by atoms with Gasteiger partial charge in [0, 0.05) is 24.1 Å². The first-order valence-corrected chi connectivity index (χ1v) is 16.1. The van der Waals surface area contributed by atoms with Crippen molar-refractivity contribution < 1.29 is 13.9 Å². The molecule has 4 aliphatic carbocycles. The average Bonchev–Trinajstić information content (AvgIpc) is 3.39. The number of aryl methyl sites for hydroxylation is 1. The molecule has 10 rings (SSSR count). The van der Waals surface area contributed by atoms with Gasteiger partial charge in [-0.05, 0) is 110 Å². The number of nitriles is 1. The number of rotatable bonds is 7. The summed E-state index contributed by atoms with van der Waals surface area (Å²) >= 11 is 1.69. The number of halogens is 1. The van der Waals surface area contributed by atoms with Crippen molar-refractivity contribution in [2.45, 2.75) is 69.6 Å². The van der Waals surface area contributed by atoms with Gasteiger partial charge in [0.25, 0.3) is 0 Å². The second-order valence-corrected chi connectivity index (χ2v) is 15.0. The number of amides is 1. The van der Waals surface area contributed by atoms with Crippen molar-refractivity contribution in [3.8, 4) is 17.2 Å². The van der Waals surface area contributed by atoms with Gasteiger partial charge in [-0.15, -0.1) is 11.3 Å². The number of benzene rings is 3. The fourth-order valence-corrected chi connectivity index (χ4v) is 9.25. The van der Waals surface area contributed by atoms with E-state index in [0.717, 1.165) is 63.3 Å². The summed E-state index contributed by atoms with van der Waals surface area (Å²) < 4.78 is 22.2. The summed E-state index contributed by atoms with van der Waals surface area (Å²) in [7, 11) is 0. The maximum Gasteiger partial charge on any atom is 0.227 e. The molecule has 4 aromatic rings. The number of aromatic nitrogens is 1. The fourth-order valence-electron chi connectivity index (χ4n) is 8.38. The number of hydrogen-bond donors (Lipinski definition) is 0. The van der Waals surface area contributed by atoms with Crippen LogP contribution in [0.15, 0.2) is 66.7 Å². The predicted octanol–water partition coefficient (Wildman–Crippen LogP) is 8.24. The van der Waals surface area contributed by atoms with Gasteiger partial charge in [-0.1, -0.05) is 30.3 Å². The van der Waals surface area contributed by atoms with Gasteiger partial charge >= 0.3 is 0 Å². The number of nitrogens with zero attached hydrogens (tertiary/aromatic N) is 3. The molecule has 4 bridgehead atoms. The molecule has 1 aromatic heterocycles. The van der Waals surface area contributed by atoms with Crippen LogP contribution >= 0.6 is 11.3 Å². The Morgan fingerprint density at radius 2 is 1.74 bits per heavy atom. The molecule has 2 saturated heterocycles. The Kier molecular flexibility index (Phi) is 5.93. The summed E-state index contributed by atoms with van der Waals surface area (Å²) in [6.07, 6.45) is 5.70. The first kappa shape index (κ1) is 27.0. The van der Waals surface area contributed by atoms with E-state index in [4.69, 9.17) is 4.74 Å². The minimum atomic E-state index is -1.02. The molecule has 0 N–H and O–H groups in total. The second-order valence-electron chi connectivity index (χ2n) is 13.8. The van der Waals surface area contributed by atoms with Crippen molar-refractivity contribution >= 4 is 33.1 Å². The Morgan fingerprint density at radius 3 is 2.42 bits per heavy atom. The monoisotopic (exact) mass is 591 g/mol. The SMILES string of the molecule is Cc1nc2ccc(-c3cccc(N(CC45CCC(c6ccc(C#N)cc6)(CC4)OC5)C(=O)CC45CC(F)(C4)C5)c3)cc2s1. The Labute approximate surface area is 255 Å². The quantitative estimate of drug-likeness (QED) is 0.217. The topological polar surface area (TPSA) is 66.2 Å². The average molecular weight is 592 g/mol. The smallest absolute Gasteiger partial charge is 0.227 e. The van der Waals surface area contributed by atoms with Crippen LogP contribution in [0.1, 0.15) is 67.5 Å². The molecular formula is C36H34FN3O2S. The number of carbonyl (C=O) groups is 1. The lowest BCUT2D eigenvalue weighted by Gasteiger charge is -2.66. The zero-order chi connectivity index (χ0) is 29.5. The largest absolute Gasteiger partial charge is 0.370 e. The van der Waals surface area contributed by atoms with Gasteiger partial charge in [-0.25, -0.2) is 9.37 Å². The summed E-state index contributed by atoms with van der Waals surface area (Å²) in [6.45, 7) is 3.22. The molecule has 6 fully saturated rings. The normalized spacial score (nSPS) is 30.3. The molecule has 3 aromatic carbocycles. The third-order valence-electron chi connectivity index (χ3n) is 10.7. The molecule has 1 amide bonds. The Hall–Kier alpha value is -3.60. The zero-order valence-electron chi connectivity index (χ0n) is 24.4. The van der Waals surface area contributed by atoms with Gasteiger partial charge in [-0.3, -0.25) is 4.79 Å². The van der Waals surface area contributed by atoms with Crippen LogP contribution in [-0.2, 0) is 15.1 Å². The second kappa shape index (κ2) is 9.45. The Balaban J connectivity index is 1.08. The van der Waals surface area contributed by atoms with Gasteiger partial charge in [0.2, 0.25) is 5.91 Å². The highest BCUT2D eigenvalue weighted by Gasteiger charge is 2.69. The third kappa shape index (κ3) is 4.49. The molecule has 0 atom stereocenters. The number of hydrogen-bond acceptors (Lipinski definition) is 5. The van der Waals surface area contributed by atoms with Crippen molar-refractivity contribution in [3.05, 3.63) is 82.9 Å². The number of carbonyl (C=O) groups excluding carboxylic acids is 1. The van der Waals surface area contributed by atoms with Crippen LogP contribution in [0.4, 0.5) is 10.1 Å². The summed E-state index contributed by atoms with van der Waals surface area (Å²) in [5, 5.41) is 10.3. The Bertz CT molecular complexity index is 1760. The van der Waals surface area contributed by atoms with Gasteiger partial charge in [0.15, 0.2) is 0 Å². The molecule has 0 unspecified atom stereocenters. The van der Waals surface area contributed by atoms with Crippen LogP contribution in [0.25, 0.3) is 21.3 Å². The van der Waals surface area contributed by atoms with E-state index >= 15 is 0 Å². The number of thiazole rings is 1. The van der Waals surface area contributed by atoms with Crippen LogP contribution in [-0.4, -0.2) is 29.7 Å². The minimum Gasteiger partial charge on any atom is -0.370 e. The van der Waals surface area contributed by atoms with E-state index in [1.807, 2.05) is 48.2 Å². The summed E-state index contributed by atoms with van der Waals surface area (Å²) in [6, 6.07) is 24.7. The van der Waals surface area contributed by atoms with Crippen molar-refractivity contribution in [2.24, 2.45) is 10.8 Å². The van der Waals surface area contributed by atoms with E-state index in [2.05, 4.69) is 41.4 Å². The summed E-state index contributed by atoms with van der Waals surface area (Å²) in [4.78, 5) is 20.7. The molecule has 4 saturated carbocycles. The molecule has 5 nitrogen and oxygen atoms in total. The van der Waals surface area contributed by atoms with Crippen LogP contribution < -0.4 is 4.90 Å². The Morgan fingerprint density at radius 1 is 1.00 bits per heavy atom. The molecule has 6 aliphatic rings. The molecule has 43 heavy (non-hydrogen) atoms. The maximum absolute atomic E-state index is 14.4. The van der Waals surface area contributed by atoms with E-state index in [-0.39, 0.29) is 22.3 Å². The van der Waals surface area contributed by atoms with E-state index in [1.54, 1.807) is 11.3 Å². The van der Waals surface area contributed by atoms with Crippen molar-refractivity contribution in [1.29, 1.82) is 5.26 Å². The van der Waals surface area contributed by atoms with Crippen LogP contribution in [0, 0.1) is 29.1 Å². The van der Waals surface area contributed by atoms with Crippen molar-refractivity contribution in [3.63, 3.8) is 0 Å². The van der Waals surface area contributed by atoms with Crippen molar-refractivity contribution in [1.82, 2.24) is 4.98 Å². The number of anilines is 1. The van der Waals surface area contributed by atoms with Crippen LogP contribution in [0.3, 0.4) is 0 Å². The lowest BCUT2D eigenvalue weighted by molar-refractivity contribution is -0.215. The number of ether oxygens (including phenoxy) is 1. The molecule has 0 radical (unpaired) electrons. The predicted molar refractivity (Wildman–Crippen MR) is 167 cm³/mol. The van der Waals surface area contributed by atoms with E-state index in [9.17, 15) is 14.4 Å².